The number of hydrazine groups is 1. The summed E-state index contributed by atoms with van der Waals surface area (Å²) in [5.41, 5.74) is 7.57. The largest absolute Gasteiger partial charge is 0.452 e. The maximum absolute atomic E-state index is 12.5. The minimum absolute atomic E-state index is 0.0381. The van der Waals surface area contributed by atoms with Gasteiger partial charge in [0.1, 0.15) is 4.62 Å². The Morgan fingerprint density at radius 3 is 2.70 bits per heavy atom. The third-order valence-corrected chi connectivity index (χ3v) is 4.57. The smallest absolute Gasteiger partial charge is 0.425 e. The van der Waals surface area contributed by atoms with Gasteiger partial charge in [0, 0.05) is 12.3 Å². The molecule has 0 spiro atoms. The lowest BCUT2D eigenvalue weighted by Crippen LogP contribution is -2.41. The summed E-state index contributed by atoms with van der Waals surface area (Å²) in [5, 5.41) is 16.1. The van der Waals surface area contributed by atoms with E-state index in [0.29, 0.717) is 16.4 Å². The highest BCUT2D eigenvalue weighted by molar-refractivity contribution is 9.18. The van der Waals surface area contributed by atoms with Crippen LogP contribution in [0.3, 0.4) is 0 Å². The Morgan fingerprint density at radius 2 is 2.03 bits per heavy atom. The zero-order valence-corrected chi connectivity index (χ0v) is 19.6. The summed E-state index contributed by atoms with van der Waals surface area (Å²) in [7, 11) is 1.13. The Hall–Kier alpha value is -3.95. The Labute approximate surface area is 201 Å². The van der Waals surface area contributed by atoms with Gasteiger partial charge in [-0.1, -0.05) is 11.6 Å². The monoisotopic (exact) mass is 533 g/mol. The molecule has 33 heavy (non-hydrogen) atoms. The lowest BCUT2D eigenvalue weighted by Gasteiger charge is -2.14. The third-order valence-electron chi connectivity index (χ3n) is 3.82. The molecule has 11 nitrogen and oxygen atoms in total. The maximum atomic E-state index is 12.5. The molecule has 0 saturated carbocycles. The van der Waals surface area contributed by atoms with Gasteiger partial charge >= 0.3 is 6.09 Å². The molecule has 1 aromatic heterocycles. The van der Waals surface area contributed by atoms with Crippen LogP contribution >= 0.6 is 27.5 Å². The number of anilines is 2. The molecular weight excluding hydrogens is 518 g/mol. The zero-order chi connectivity index (χ0) is 24.4. The maximum Gasteiger partial charge on any atom is 0.425 e. The first-order valence-corrected chi connectivity index (χ1v) is 10.2. The van der Waals surface area contributed by atoms with Gasteiger partial charge in [0.05, 0.1) is 35.0 Å². The molecule has 170 valence electrons. The van der Waals surface area contributed by atoms with Gasteiger partial charge < -0.3 is 10.1 Å². The van der Waals surface area contributed by atoms with Crippen LogP contribution in [0.25, 0.3) is 0 Å². The Kier molecular flexibility index (Phi) is 9.34. The van der Waals surface area contributed by atoms with Crippen LogP contribution in [0.2, 0.25) is 5.02 Å². The van der Waals surface area contributed by atoms with E-state index in [9.17, 15) is 19.6 Å². The Balaban J connectivity index is 2.16. The number of ether oxygens (including phenoxy) is 1. The van der Waals surface area contributed by atoms with Crippen molar-refractivity contribution in [2.45, 2.75) is 6.92 Å². The molecule has 0 aliphatic rings. The van der Waals surface area contributed by atoms with Crippen molar-refractivity contribution in [1.29, 1.82) is 5.26 Å². The van der Waals surface area contributed by atoms with E-state index in [0.717, 1.165) is 7.11 Å². The third kappa shape index (κ3) is 7.60. The van der Waals surface area contributed by atoms with E-state index in [2.05, 4.69) is 46.9 Å². The molecule has 0 radical (unpaired) electrons. The number of benzene rings is 1. The molecule has 0 aliphatic heterocycles. The fourth-order valence-electron chi connectivity index (χ4n) is 2.34. The minimum Gasteiger partial charge on any atom is -0.452 e. The van der Waals surface area contributed by atoms with Crippen molar-refractivity contribution >= 4 is 61.6 Å². The summed E-state index contributed by atoms with van der Waals surface area (Å²) < 4.78 is 4.64. The van der Waals surface area contributed by atoms with E-state index in [1.807, 2.05) is 11.5 Å². The molecule has 1 heterocycles. The molecule has 13 heteroatoms. The highest BCUT2D eigenvalue weighted by Gasteiger charge is 2.17. The quantitative estimate of drug-likeness (QED) is 0.252. The van der Waals surface area contributed by atoms with Crippen LogP contribution in [0.4, 0.5) is 16.3 Å². The minimum atomic E-state index is -0.894. The van der Waals surface area contributed by atoms with E-state index in [-0.39, 0.29) is 21.4 Å². The molecular formula is C20H17BrClN7O4. The van der Waals surface area contributed by atoms with Gasteiger partial charge in [-0.2, -0.15) is 10.4 Å². The second kappa shape index (κ2) is 12.2. The number of pyridine rings is 1. The highest BCUT2D eigenvalue weighted by Crippen LogP contribution is 2.23. The van der Waals surface area contributed by atoms with Crippen molar-refractivity contribution in [2.75, 3.05) is 17.9 Å². The summed E-state index contributed by atoms with van der Waals surface area (Å²) in [4.78, 5) is 40.1. The SMILES string of the molecule is COC(=O)NNC(=O)c1cc(C#N)cc(C)c1NC(=O)/C=C/C(Br)=N\Nc1ncccc1Cl. The summed E-state index contributed by atoms with van der Waals surface area (Å²) >= 11 is 9.16. The van der Waals surface area contributed by atoms with Crippen LogP contribution in [0.15, 0.2) is 47.7 Å². The number of rotatable bonds is 6. The van der Waals surface area contributed by atoms with Gasteiger partial charge in [-0.05, 0) is 58.8 Å². The zero-order valence-electron chi connectivity index (χ0n) is 17.3. The van der Waals surface area contributed by atoms with E-state index in [1.54, 1.807) is 19.1 Å². The molecule has 3 amide bonds. The fourth-order valence-corrected chi connectivity index (χ4v) is 2.73. The molecule has 0 atom stereocenters. The summed E-state index contributed by atoms with van der Waals surface area (Å²) in [6.45, 7) is 1.61. The van der Waals surface area contributed by atoms with Crippen molar-refractivity contribution in [3.63, 3.8) is 0 Å². The lowest BCUT2D eigenvalue weighted by atomic mass is 10.0. The lowest BCUT2D eigenvalue weighted by molar-refractivity contribution is -0.111. The van der Waals surface area contributed by atoms with Crippen molar-refractivity contribution in [3.8, 4) is 6.07 Å². The molecule has 4 N–H and O–H groups in total. The van der Waals surface area contributed by atoms with Crippen molar-refractivity contribution < 1.29 is 19.1 Å². The average Bonchev–Trinajstić information content (AvgIpc) is 2.81. The molecule has 2 rings (SSSR count). The standard InChI is InChI=1S/C20H17BrClN7O4/c1-11-8-12(10-23)9-13(19(31)28-29-20(32)33-2)17(11)25-16(30)6-5-15(21)26-27-18-14(22)4-3-7-24-18/h3-9H,1-2H3,(H,24,27)(H,25,30)(H,28,31)(H,29,32)/b6-5+,26-15+. The van der Waals surface area contributed by atoms with Crippen LogP contribution in [-0.2, 0) is 9.53 Å². The number of nitrogens with zero attached hydrogens (tertiary/aromatic N) is 3. The number of amides is 3. The Bertz CT molecular complexity index is 1180. The molecule has 1 aromatic carbocycles. The first-order chi connectivity index (χ1) is 15.7. The second-order valence-corrected chi connectivity index (χ2v) is 7.32. The number of aryl methyl sites for hydroxylation is 1. The molecule has 0 bridgehead atoms. The summed E-state index contributed by atoms with van der Waals surface area (Å²) in [6, 6.07) is 8.01. The summed E-state index contributed by atoms with van der Waals surface area (Å²) in [6.07, 6.45) is 3.17. The average molecular weight is 535 g/mol. The van der Waals surface area contributed by atoms with Gasteiger partial charge in [-0.25, -0.2) is 15.2 Å². The number of halogens is 2. The number of nitrogens with one attached hydrogen (secondary N) is 4. The Morgan fingerprint density at radius 1 is 1.27 bits per heavy atom. The number of carbonyl (C=O) groups excluding carboxylic acids is 3. The number of allylic oxidation sites excluding steroid dienone is 1. The van der Waals surface area contributed by atoms with Gasteiger partial charge in [-0.15, -0.1) is 0 Å². The van der Waals surface area contributed by atoms with Crippen LogP contribution in [0, 0.1) is 18.3 Å². The molecule has 2 aromatic rings. The molecule has 0 saturated heterocycles. The fraction of sp³-hybridized carbons (Fsp3) is 0.100. The number of methoxy groups -OCH3 is 1. The molecule has 0 unspecified atom stereocenters. The number of aromatic nitrogens is 1. The molecule has 0 aliphatic carbocycles. The van der Waals surface area contributed by atoms with Crippen molar-refractivity contribution in [1.82, 2.24) is 15.8 Å². The van der Waals surface area contributed by atoms with E-state index in [1.165, 1.54) is 30.5 Å². The first kappa shape index (κ1) is 25.3. The van der Waals surface area contributed by atoms with Gasteiger partial charge in [-0.3, -0.25) is 20.4 Å². The number of hydrogen-bond acceptors (Lipinski definition) is 8. The van der Waals surface area contributed by atoms with Crippen LogP contribution in [0.1, 0.15) is 21.5 Å². The number of hydrazone groups is 1. The number of nitriles is 1. The molecule has 0 fully saturated rings. The second-order valence-electron chi connectivity index (χ2n) is 6.10. The van der Waals surface area contributed by atoms with E-state index < -0.39 is 17.9 Å². The topological polar surface area (TPSA) is 158 Å². The summed E-state index contributed by atoms with van der Waals surface area (Å²) in [5.74, 6) is -1.02. The van der Waals surface area contributed by atoms with Gasteiger partial charge in [0.15, 0.2) is 5.82 Å². The number of hydrogen-bond donors (Lipinski definition) is 4. The van der Waals surface area contributed by atoms with Crippen LogP contribution < -0.4 is 21.6 Å². The van der Waals surface area contributed by atoms with E-state index >= 15 is 0 Å². The van der Waals surface area contributed by atoms with Gasteiger partial charge in [0.2, 0.25) is 5.91 Å². The van der Waals surface area contributed by atoms with Crippen LogP contribution in [-0.4, -0.2) is 34.6 Å². The van der Waals surface area contributed by atoms with Crippen molar-refractivity contribution in [3.05, 3.63) is 64.3 Å². The predicted octanol–water partition coefficient (Wildman–Crippen LogP) is 3.23. The van der Waals surface area contributed by atoms with Crippen LogP contribution in [0.5, 0.6) is 0 Å². The predicted molar refractivity (Wildman–Crippen MR) is 126 cm³/mol. The van der Waals surface area contributed by atoms with Gasteiger partial charge in [0.25, 0.3) is 5.91 Å². The van der Waals surface area contributed by atoms with Crippen molar-refractivity contribution in [2.24, 2.45) is 5.10 Å². The highest BCUT2D eigenvalue weighted by atomic mass is 79.9. The first-order valence-electron chi connectivity index (χ1n) is 9.03. The van der Waals surface area contributed by atoms with E-state index in [4.69, 9.17) is 11.6 Å². The normalized spacial score (nSPS) is 10.8. The number of carbonyl (C=O) groups is 3.